The minimum Gasteiger partial charge on any atom is -0.492 e. The van der Waals surface area contributed by atoms with Gasteiger partial charge >= 0.3 is 0 Å². The molecule has 25 heavy (non-hydrogen) atoms. The average molecular weight is 403 g/mol. The van der Waals surface area contributed by atoms with E-state index in [-0.39, 0.29) is 24.2 Å². The molecule has 1 N–H and O–H groups in total. The lowest BCUT2D eigenvalue weighted by molar-refractivity contribution is -0.122. The lowest BCUT2D eigenvalue weighted by atomic mass is 10.1. The van der Waals surface area contributed by atoms with E-state index in [0.717, 1.165) is 10.2 Å². The Balaban J connectivity index is 1.70. The van der Waals surface area contributed by atoms with Crippen LogP contribution in [0.2, 0.25) is 0 Å². The van der Waals surface area contributed by atoms with Crippen molar-refractivity contribution < 1.29 is 14.3 Å². The third-order valence-electron chi connectivity index (χ3n) is 4.08. The van der Waals surface area contributed by atoms with Crippen LogP contribution in [0.1, 0.15) is 13.3 Å². The van der Waals surface area contributed by atoms with Gasteiger partial charge in [0.2, 0.25) is 11.8 Å². The highest BCUT2D eigenvalue weighted by Gasteiger charge is 2.35. The Kier molecular flexibility index (Phi) is 5.38. The highest BCUT2D eigenvalue weighted by molar-refractivity contribution is 9.10. The summed E-state index contributed by atoms with van der Waals surface area (Å²) in [5.41, 5.74) is 1.43. The van der Waals surface area contributed by atoms with E-state index in [1.54, 1.807) is 11.0 Å². The van der Waals surface area contributed by atoms with Gasteiger partial charge in [-0.1, -0.05) is 28.1 Å². The van der Waals surface area contributed by atoms with E-state index < -0.39 is 0 Å². The maximum Gasteiger partial charge on any atom is 0.229 e. The normalized spacial score (nSPS) is 16.8. The van der Waals surface area contributed by atoms with E-state index in [0.29, 0.717) is 24.6 Å². The van der Waals surface area contributed by atoms with Crippen molar-refractivity contribution in [1.82, 2.24) is 0 Å². The first-order chi connectivity index (χ1) is 12.1. The van der Waals surface area contributed by atoms with Gasteiger partial charge in [0.05, 0.1) is 18.2 Å². The Hall–Kier alpha value is -2.34. The average Bonchev–Trinajstić information content (AvgIpc) is 2.99. The Labute approximate surface area is 155 Å². The van der Waals surface area contributed by atoms with Gasteiger partial charge in [-0.3, -0.25) is 9.59 Å². The van der Waals surface area contributed by atoms with Crippen molar-refractivity contribution in [1.29, 1.82) is 0 Å². The molecule has 1 aliphatic rings. The predicted octanol–water partition coefficient (Wildman–Crippen LogP) is 3.84. The van der Waals surface area contributed by atoms with Crippen LogP contribution in [0.15, 0.2) is 53.0 Å². The summed E-state index contributed by atoms with van der Waals surface area (Å²) in [5, 5.41) is 2.89. The summed E-state index contributed by atoms with van der Waals surface area (Å²) in [6, 6.07) is 14.8. The Morgan fingerprint density at radius 2 is 1.96 bits per heavy atom. The second-order valence-corrected chi connectivity index (χ2v) is 6.72. The molecule has 6 heteroatoms. The maximum atomic E-state index is 12.6. The van der Waals surface area contributed by atoms with E-state index in [2.05, 4.69) is 21.2 Å². The number of rotatable bonds is 5. The van der Waals surface area contributed by atoms with Crippen LogP contribution in [-0.4, -0.2) is 25.0 Å². The van der Waals surface area contributed by atoms with Gasteiger partial charge in [0.15, 0.2) is 0 Å². The number of benzene rings is 2. The zero-order chi connectivity index (χ0) is 17.8. The van der Waals surface area contributed by atoms with Gasteiger partial charge in [0.1, 0.15) is 5.75 Å². The van der Waals surface area contributed by atoms with Crippen LogP contribution in [0.3, 0.4) is 0 Å². The highest BCUT2D eigenvalue weighted by atomic mass is 79.9. The van der Waals surface area contributed by atoms with Crippen molar-refractivity contribution in [2.75, 3.05) is 23.4 Å². The molecule has 1 aliphatic heterocycles. The maximum absolute atomic E-state index is 12.6. The van der Waals surface area contributed by atoms with Crippen molar-refractivity contribution in [3.63, 3.8) is 0 Å². The van der Waals surface area contributed by atoms with Crippen LogP contribution in [0.25, 0.3) is 0 Å². The molecule has 1 atom stereocenters. The first-order valence-corrected chi connectivity index (χ1v) is 8.96. The third-order valence-corrected chi connectivity index (χ3v) is 4.61. The Bertz CT molecular complexity index is 776. The van der Waals surface area contributed by atoms with E-state index >= 15 is 0 Å². The number of amides is 2. The molecule has 0 spiro atoms. The Morgan fingerprint density at radius 3 is 2.68 bits per heavy atom. The molecule has 0 unspecified atom stereocenters. The summed E-state index contributed by atoms with van der Waals surface area (Å²) in [6.07, 6.45) is 0.207. The molecule has 1 heterocycles. The fraction of sp³-hybridized carbons (Fsp3) is 0.263. The van der Waals surface area contributed by atoms with Gasteiger partial charge in [0.25, 0.3) is 0 Å². The van der Waals surface area contributed by atoms with E-state index in [1.165, 1.54) is 0 Å². The number of carbonyl (C=O) groups excluding carboxylic acids is 2. The van der Waals surface area contributed by atoms with Crippen LogP contribution < -0.4 is 15.0 Å². The van der Waals surface area contributed by atoms with Crippen LogP contribution in [0, 0.1) is 5.92 Å². The second-order valence-electron chi connectivity index (χ2n) is 5.80. The van der Waals surface area contributed by atoms with E-state index in [9.17, 15) is 9.59 Å². The molecule has 1 fully saturated rings. The smallest absolute Gasteiger partial charge is 0.229 e. The molecule has 0 saturated carbocycles. The fourth-order valence-corrected chi connectivity index (χ4v) is 3.10. The first-order valence-electron chi connectivity index (χ1n) is 8.17. The number of ether oxygens (including phenoxy) is 1. The van der Waals surface area contributed by atoms with Gasteiger partial charge < -0.3 is 15.0 Å². The Morgan fingerprint density at radius 1 is 1.24 bits per heavy atom. The summed E-state index contributed by atoms with van der Waals surface area (Å²) in [7, 11) is 0. The SMILES string of the molecule is CCOc1ccccc1NC(=O)[C@@H]1CC(=O)N(c2ccc(Br)cc2)C1. The molecule has 2 aromatic carbocycles. The summed E-state index contributed by atoms with van der Waals surface area (Å²) in [5.74, 6) is 0.0407. The molecular formula is C19H19BrN2O3. The molecule has 0 radical (unpaired) electrons. The largest absolute Gasteiger partial charge is 0.492 e. The van der Waals surface area contributed by atoms with Gasteiger partial charge in [-0.05, 0) is 43.3 Å². The van der Waals surface area contributed by atoms with Crippen molar-refractivity contribution >= 4 is 39.1 Å². The second kappa shape index (κ2) is 7.70. The minimum absolute atomic E-state index is 0.0411. The van der Waals surface area contributed by atoms with Gasteiger partial charge in [-0.25, -0.2) is 0 Å². The zero-order valence-electron chi connectivity index (χ0n) is 13.9. The minimum atomic E-state index is -0.383. The molecule has 0 aliphatic carbocycles. The number of halogens is 1. The zero-order valence-corrected chi connectivity index (χ0v) is 15.5. The van der Waals surface area contributed by atoms with Crippen molar-refractivity contribution in [3.05, 3.63) is 53.0 Å². The number of hydrogen-bond donors (Lipinski definition) is 1. The topological polar surface area (TPSA) is 58.6 Å². The molecule has 0 aromatic heterocycles. The van der Waals surface area contributed by atoms with Crippen LogP contribution in [0.4, 0.5) is 11.4 Å². The standard InChI is InChI=1S/C19H19BrN2O3/c1-2-25-17-6-4-3-5-16(17)21-19(24)13-11-18(23)22(12-13)15-9-7-14(20)8-10-15/h3-10,13H,2,11-12H2,1H3,(H,21,24)/t13-/m1/s1. The summed E-state index contributed by atoms with van der Waals surface area (Å²) < 4.78 is 6.48. The summed E-state index contributed by atoms with van der Waals surface area (Å²) >= 11 is 3.38. The van der Waals surface area contributed by atoms with Crippen molar-refractivity contribution in [3.8, 4) is 5.75 Å². The quantitative estimate of drug-likeness (QED) is 0.826. The predicted molar refractivity (Wildman–Crippen MR) is 101 cm³/mol. The molecule has 5 nitrogen and oxygen atoms in total. The van der Waals surface area contributed by atoms with Crippen LogP contribution in [-0.2, 0) is 9.59 Å². The molecular weight excluding hydrogens is 384 g/mol. The fourth-order valence-electron chi connectivity index (χ4n) is 2.84. The molecule has 0 bridgehead atoms. The lowest BCUT2D eigenvalue weighted by Crippen LogP contribution is -2.28. The van der Waals surface area contributed by atoms with Crippen LogP contribution >= 0.6 is 15.9 Å². The monoisotopic (exact) mass is 402 g/mol. The highest BCUT2D eigenvalue weighted by Crippen LogP contribution is 2.29. The van der Waals surface area contributed by atoms with E-state index in [1.807, 2.05) is 49.4 Å². The molecule has 1 saturated heterocycles. The van der Waals surface area contributed by atoms with Gasteiger partial charge in [-0.2, -0.15) is 0 Å². The first kappa shape index (κ1) is 17.5. The third kappa shape index (κ3) is 4.02. The number of para-hydroxylation sites is 2. The molecule has 130 valence electrons. The number of hydrogen-bond acceptors (Lipinski definition) is 3. The number of anilines is 2. The lowest BCUT2D eigenvalue weighted by Gasteiger charge is -2.17. The number of carbonyl (C=O) groups is 2. The summed E-state index contributed by atoms with van der Waals surface area (Å²) in [6.45, 7) is 2.79. The van der Waals surface area contributed by atoms with Crippen molar-refractivity contribution in [2.45, 2.75) is 13.3 Å². The number of nitrogens with one attached hydrogen (secondary N) is 1. The van der Waals surface area contributed by atoms with E-state index in [4.69, 9.17) is 4.74 Å². The van der Waals surface area contributed by atoms with Crippen molar-refractivity contribution in [2.24, 2.45) is 5.92 Å². The number of nitrogens with zero attached hydrogens (tertiary/aromatic N) is 1. The molecule has 3 rings (SSSR count). The van der Waals surface area contributed by atoms with Crippen LogP contribution in [0.5, 0.6) is 5.75 Å². The molecule has 2 amide bonds. The molecule has 2 aromatic rings. The van der Waals surface area contributed by atoms with Gasteiger partial charge in [-0.15, -0.1) is 0 Å². The van der Waals surface area contributed by atoms with Gasteiger partial charge in [0, 0.05) is 23.1 Å². The summed E-state index contributed by atoms with van der Waals surface area (Å²) in [4.78, 5) is 26.6.